The number of nitrogens with zero attached hydrogens (tertiary/aromatic N) is 1. The lowest BCUT2D eigenvalue weighted by Crippen LogP contribution is -2.30. The zero-order valence-corrected chi connectivity index (χ0v) is 12.8. The molecule has 122 valence electrons. The molecule has 1 unspecified atom stereocenters. The van der Waals surface area contributed by atoms with E-state index in [-0.39, 0.29) is 12.5 Å². The van der Waals surface area contributed by atoms with Gasteiger partial charge in [-0.1, -0.05) is 0 Å². The van der Waals surface area contributed by atoms with E-state index in [1.54, 1.807) is 36.7 Å². The Kier molecular flexibility index (Phi) is 4.88. The van der Waals surface area contributed by atoms with Crippen LogP contribution < -0.4 is 10.6 Å². The Hall–Kier alpha value is -3.12. The second-order valence-electron chi connectivity index (χ2n) is 5.16. The van der Waals surface area contributed by atoms with Gasteiger partial charge in [-0.05, 0) is 48.5 Å². The van der Waals surface area contributed by atoms with Gasteiger partial charge in [0.1, 0.15) is 11.8 Å². The quantitative estimate of drug-likeness (QED) is 0.649. The maximum Gasteiger partial charge on any atom is 0.251 e. The van der Waals surface area contributed by atoms with Crippen molar-refractivity contribution in [3.05, 3.63) is 78.5 Å². The first kappa shape index (κ1) is 15.8. The first-order valence-corrected chi connectivity index (χ1v) is 7.48. The van der Waals surface area contributed by atoms with Crippen molar-refractivity contribution in [3.8, 4) is 0 Å². The van der Waals surface area contributed by atoms with Crippen LogP contribution in [0.5, 0.6) is 0 Å². The number of pyridine rings is 1. The second kappa shape index (κ2) is 7.43. The summed E-state index contributed by atoms with van der Waals surface area (Å²) in [5, 5.41) is 15.4. The van der Waals surface area contributed by atoms with Gasteiger partial charge >= 0.3 is 0 Å². The van der Waals surface area contributed by atoms with Gasteiger partial charge < -0.3 is 20.2 Å². The SMILES string of the molecule is O=C(NC(CO)c1ccco1)c1ccc(Nc2ccncc2)cc1. The van der Waals surface area contributed by atoms with Gasteiger partial charge in [0.25, 0.3) is 5.91 Å². The first-order chi connectivity index (χ1) is 11.8. The summed E-state index contributed by atoms with van der Waals surface area (Å²) in [7, 11) is 0. The van der Waals surface area contributed by atoms with E-state index in [9.17, 15) is 9.90 Å². The number of aliphatic hydroxyl groups excluding tert-OH is 1. The fraction of sp³-hybridized carbons (Fsp3) is 0.111. The molecule has 0 bridgehead atoms. The first-order valence-electron chi connectivity index (χ1n) is 7.48. The van der Waals surface area contributed by atoms with Crippen LogP contribution in [-0.4, -0.2) is 22.6 Å². The fourth-order valence-electron chi connectivity index (χ4n) is 2.24. The van der Waals surface area contributed by atoms with Crippen molar-refractivity contribution in [1.29, 1.82) is 0 Å². The Morgan fingerprint density at radius 1 is 1.08 bits per heavy atom. The van der Waals surface area contributed by atoms with Crippen LogP contribution in [0.3, 0.4) is 0 Å². The molecule has 0 spiro atoms. The summed E-state index contributed by atoms with van der Waals surface area (Å²) in [6.07, 6.45) is 4.91. The molecule has 1 atom stereocenters. The van der Waals surface area contributed by atoms with E-state index >= 15 is 0 Å². The summed E-state index contributed by atoms with van der Waals surface area (Å²) in [5.74, 6) is 0.239. The smallest absolute Gasteiger partial charge is 0.251 e. The topological polar surface area (TPSA) is 87.4 Å². The minimum atomic E-state index is -0.567. The number of rotatable bonds is 6. The van der Waals surface area contributed by atoms with Gasteiger partial charge in [-0.25, -0.2) is 0 Å². The van der Waals surface area contributed by atoms with Crippen molar-refractivity contribution in [3.63, 3.8) is 0 Å². The van der Waals surface area contributed by atoms with Crippen molar-refractivity contribution in [2.24, 2.45) is 0 Å². The molecule has 3 N–H and O–H groups in total. The molecule has 2 heterocycles. The third-order valence-corrected chi connectivity index (χ3v) is 3.49. The number of hydrogen-bond acceptors (Lipinski definition) is 5. The summed E-state index contributed by atoms with van der Waals surface area (Å²) >= 11 is 0. The van der Waals surface area contributed by atoms with Gasteiger partial charge in [-0.15, -0.1) is 0 Å². The highest BCUT2D eigenvalue weighted by atomic mass is 16.3. The highest BCUT2D eigenvalue weighted by Crippen LogP contribution is 2.17. The fourth-order valence-corrected chi connectivity index (χ4v) is 2.24. The molecule has 0 saturated heterocycles. The largest absolute Gasteiger partial charge is 0.467 e. The minimum Gasteiger partial charge on any atom is -0.467 e. The van der Waals surface area contributed by atoms with Gasteiger partial charge in [0, 0.05) is 29.3 Å². The molecule has 3 aromatic rings. The molecule has 0 fully saturated rings. The molecule has 24 heavy (non-hydrogen) atoms. The average Bonchev–Trinajstić information content (AvgIpc) is 3.15. The highest BCUT2D eigenvalue weighted by Gasteiger charge is 2.17. The van der Waals surface area contributed by atoms with Gasteiger partial charge in [-0.3, -0.25) is 9.78 Å². The third kappa shape index (κ3) is 3.80. The lowest BCUT2D eigenvalue weighted by atomic mass is 10.1. The van der Waals surface area contributed by atoms with Crippen LogP contribution in [0.2, 0.25) is 0 Å². The normalized spacial score (nSPS) is 11.7. The van der Waals surface area contributed by atoms with Crippen LogP contribution in [0.4, 0.5) is 11.4 Å². The van der Waals surface area contributed by atoms with E-state index in [0.29, 0.717) is 11.3 Å². The van der Waals surface area contributed by atoms with Crippen LogP contribution in [-0.2, 0) is 0 Å². The molecule has 0 aliphatic rings. The van der Waals surface area contributed by atoms with E-state index < -0.39 is 6.04 Å². The summed E-state index contributed by atoms with van der Waals surface area (Å²) < 4.78 is 5.22. The molecule has 1 amide bonds. The molecule has 0 aliphatic carbocycles. The van der Waals surface area contributed by atoms with E-state index in [1.165, 1.54) is 6.26 Å². The number of aromatic nitrogens is 1. The minimum absolute atomic E-state index is 0.235. The third-order valence-electron chi connectivity index (χ3n) is 3.49. The van der Waals surface area contributed by atoms with Gasteiger partial charge in [0.05, 0.1) is 12.9 Å². The van der Waals surface area contributed by atoms with Crippen molar-refractivity contribution in [1.82, 2.24) is 10.3 Å². The van der Waals surface area contributed by atoms with Crippen molar-refractivity contribution >= 4 is 17.3 Å². The molecule has 0 aliphatic heterocycles. The molecule has 0 saturated carbocycles. The molecular formula is C18H17N3O3. The Balaban J connectivity index is 1.65. The maximum atomic E-state index is 12.3. The predicted molar refractivity (Wildman–Crippen MR) is 90.0 cm³/mol. The number of carbonyl (C=O) groups is 1. The number of benzene rings is 1. The maximum absolute atomic E-state index is 12.3. The summed E-state index contributed by atoms with van der Waals surface area (Å²) in [6.45, 7) is -0.235. The lowest BCUT2D eigenvalue weighted by molar-refractivity contribution is 0.0907. The molecule has 2 aromatic heterocycles. The molecule has 3 rings (SSSR count). The number of aliphatic hydroxyl groups is 1. The van der Waals surface area contributed by atoms with E-state index in [1.807, 2.05) is 24.3 Å². The van der Waals surface area contributed by atoms with Crippen molar-refractivity contribution in [2.75, 3.05) is 11.9 Å². The average molecular weight is 323 g/mol. The van der Waals surface area contributed by atoms with Crippen LogP contribution in [0.1, 0.15) is 22.2 Å². The number of carbonyl (C=O) groups excluding carboxylic acids is 1. The van der Waals surface area contributed by atoms with Gasteiger partial charge in [-0.2, -0.15) is 0 Å². The number of nitrogens with one attached hydrogen (secondary N) is 2. The predicted octanol–water partition coefficient (Wildman–Crippen LogP) is 2.88. The second-order valence-corrected chi connectivity index (χ2v) is 5.16. The van der Waals surface area contributed by atoms with Gasteiger partial charge in [0.2, 0.25) is 0 Å². The number of anilines is 2. The summed E-state index contributed by atoms with van der Waals surface area (Å²) in [6, 6.07) is 13.6. The number of amides is 1. The summed E-state index contributed by atoms with van der Waals surface area (Å²) in [5.41, 5.74) is 2.28. The zero-order valence-electron chi connectivity index (χ0n) is 12.8. The van der Waals surface area contributed by atoms with Crippen LogP contribution in [0, 0.1) is 0 Å². The molecule has 6 nitrogen and oxygen atoms in total. The van der Waals surface area contributed by atoms with Crippen LogP contribution >= 0.6 is 0 Å². The standard InChI is InChI=1S/C18H17N3O3/c22-12-16(17-2-1-11-24-17)21-18(23)13-3-5-14(6-4-13)20-15-7-9-19-10-8-15/h1-11,16,22H,12H2,(H,19,20)(H,21,23). The van der Waals surface area contributed by atoms with E-state index in [4.69, 9.17) is 4.42 Å². The Morgan fingerprint density at radius 2 is 1.79 bits per heavy atom. The molecular weight excluding hydrogens is 306 g/mol. The highest BCUT2D eigenvalue weighted by molar-refractivity contribution is 5.94. The van der Waals surface area contributed by atoms with Crippen LogP contribution in [0.15, 0.2) is 71.6 Å². The zero-order chi connectivity index (χ0) is 16.8. The molecule has 6 heteroatoms. The summed E-state index contributed by atoms with van der Waals surface area (Å²) in [4.78, 5) is 16.2. The van der Waals surface area contributed by atoms with Crippen LogP contribution in [0.25, 0.3) is 0 Å². The van der Waals surface area contributed by atoms with Gasteiger partial charge in [0.15, 0.2) is 0 Å². The molecule has 0 radical (unpaired) electrons. The lowest BCUT2D eigenvalue weighted by Gasteiger charge is -2.14. The monoisotopic (exact) mass is 323 g/mol. The van der Waals surface area contributed by atoms with E-state index in [0.717, 1.165) is 11.4 Å². The van der Waals surface area contributed by atoms with E-state index in [2.05, 4.69) is 15.6 Å². The Morgan fingerprint density at radius 3 is 2.42 bits per heavy atom. The number of furan rings is 1. The molecule has 1 aromatic carbocycles. The number of hydrogen-bond donors (Lipinski definition) is 3. The van der Waals surface area contributed by atoms with Crippen molar-refractivity contribution < 1.29 is 14.3 Å². The van der Waals surface area contributed by atoms with Crippen molar-refractivity contribution in [2.45, 2.75) is 6.04 Å². The Bertz CT molecular complexity index is 771. The Labute approximate surface area is 139 Å².